The van der Waals surface area contributed by atoms with Crippen molar-refractivity contribution in [1.29, 1.82) is 0 Å². The molecule has 2 aliphatic heterocycles. The van der Waals surface area contributed by atoms with Gasteiger partial charge in [0.1, 0.15) is 23.4 Å². The standard InChI is InChI=1S/C19H16ClFN8/c1-11(26-19-16-18(23-8-22-16)24-9-25-19)15-17(12-3-2-4-13(21)7-12)29-10-28(20)6-5-14(29)27-15/h2-9,11H,10H2,1H3,(H2,22,23,24,25,26)/q+1. The molecule has 145 valence electrons. The highest BCUT2D eigenvalue weighted by Gasteiger charge is 2.42. The maximum atomic E-state index is 14.0. The number of nitrogens with one attached hydrogen (secondary N) is 2. The quantitative estimate of drug-likeness (QED) is 0.509. The number of aliphatic imine (C=N–C) groups is 1. The van der Waals surface area contributed by atoms with E-state index in [1.54, 1.807) is 18.6 Å². The Bertz CT molecular complexity index is 1180. The average Bonchev–Trinajstić information content (AvgIpc) is 3.33. The number of anilines is 1. The topological polar surface area (TPSA) is 88.0 Å². The second-order valence-electron chi connectivity index (χ2n) is 6.69. The molecule has 0 aliphatic carbocycles. The molecule has 1 atom stereocenters. The van der Waals surface area contributed by atoms with Gasteiger partial charge in [0, 0.05) is 29.6 Å². The summed E-state index contributed by atoms with van der Waals surface area (Å²) in [7, 11) is 0. The van der Waals surface area contributed by atoms with Crippen LogP contribution in [0.2, 0.25) is 0 Å². The number of aromatic amines is 1. The van der Waals surface area contributed by atoms with Crippen molar-refractivity contribution in [2.24, 2.45) is 4.99 Å². The van der Waals surface area contributed by atoms with Gasteiger partial charge in [-0.15, -0.1) is 0 Å². The van der Waals surface area contributed by atoms with Crippen molar-refractivity contribution in [3.63, 3.8) is 0 Å². The number of amidine groups is 1. The molecule has 0 spiro atoms. The van der Waals surface area contributed by atoms with Crippen LogP contribution in [0.15, 0.2) is 59.9 Å². The molecule has 1 aromatic carbocycles. The van der Waals surface area contributed by atoms with E-state index in [1.165, 1.54) is 22.9 Å². The fourth-order valence-electron chi connectivity index (χ4n) is 3.47. The van der Waals surface area contributed by atoms with Crippen molar-refractivity contribution in [3.05, 3.63) is 66.3 Å². The summed E-state index contributed by atoms with van der Waals surface area (Å²) in [5, 5.41) is 3.36. The minimum Gasteiger partial charge on any atom is -0.360 e. The van der Waals surface area contributed by atoms with Crippen LogP contribution in [0.1, 0.15) is 12.5 Å². The zero-order valence-corrected chi connectivity index (χ0v) is 16.1. The van der Waals surface area contributed by atoms with Crippen molar-refractivity contribution in [2.45, 2.75) is 13.0 Å². The summed E-state index contributed by atoms with van der Waals surface area (Å²) in [5.41, 5.74) is 3.55. The van der Waals surface area contributed by atoms with E-state index >= 15 is 0 Å². The number of nitrogens with zero attached hydrogens (tertiary/aromatic N) is 6. The first kappa shape index (κ1) is 17.8. The van der Waals surface area contributed by atoms with E-state index in [9.17, 15) is 4.39 Å². The molecular weight excluding hydrogens is 395 g/mol. The van der Waals surface area contributed by atoms with Gasteiger partial charge in [-0.05, 0) is 25.1 Å². The fourth-order valence-corrected chi connectivity index (χ4v) is 3.64. The van der Waals surface area contributed by atoms with E-state index in [-0.39, 0.29) is 11.9 Å². The lowest BCUT2D eigenvalue weighted by molar-refractivity contribution is 0.506. The highest BCUT2D eigenvalue weighted by molar-refractivity contribution is 6.16. The molecule has 3 aromatic rings. The van der Waals surface area contributed by atoms with Crippen LogP contribution in [0.4, 0.5) is 10.2 Å². The lowest BCUT2D eigenvalue weighted by Gasteiger charge is -2.18. The normalized spacial score (nSPS) is 17.6. The molecule has 0 saturated carbocycles. The Balaban J connectivity index is 1.58. The van der Waals surface area contributed by atoms with Gasteiger partial charge >= 0.3 is 0 Å². The van der Waals surface area contributed by atoms with Gasteiger partial charge < -0.3 is 10.3 Å². The van der Waals surface area contributed by atoms with E-state index in [0.29, 0.717) is 23.7 Å². The number of hydrogen-bond acceptors (Lipinski definition) is 7. The van der Waals surface area contributed by atoms with Crippen LogP contribution in [0, 0.1) is 5.82 Å². The molecule has 5 rings (SSSR count). The Morgan fingerprint density at radius 3 is 3.07 bits per heavy atom. The Morgan fingerprint density at radius 2 is 2.21 bits per heavy atom. The lowest BCUT2D eigenvalue weighted by Crippen LogP contribution is -2.40. The third kappa shape index (κ3) is 3.14. The molecule has 0 fully saturated rings. The zero-order chi connectivity index (χ0) is 20.0. The molecule has 29 heavy (non-hydrogen) atoms. The molecule has 4 heterocycles. The maximum absolute atomic E-state index is 14.0. The van der Waals surface area contributed by atoms with Gasteiger partial charge in [0.15, 0.2) is 11.5 Å². The van der Waals surface area contributed by atoms with Crippen molar-refractivity contribution in [3.8, 4) is 0 Å². The smallest absolute Gasteiger partial charge is 0.285 e. The molecule has 1 unspecified atom stereocenters. The van der Waals surface area contributed by atoms with E-state index in [2.05, 4.69) is 25.3 Å². The molecule has 1 radical (unpaired) electrons. The van der Waals surface area contributed by atoms with Gasteiger partial charge in [0.25, 0.3) is 5.84 Å². The predicted octanol–water partition coefficient (Wildman–Crippen LogP) is 3.15. The van der Waals surface area contributed by atoms with E-state index in [1.807, 2.05) is 24.0 Å². The second kappa shape index (κ2) is 6.94. The number of hydrogen-bond donors (Lipinski definition) is 2. The van der Waals surface area contributed by atoms with Gasteiger partial charge in [-0.2, -0.15) is 4.99 Å². The zero-order valence-electron chi connectivity index (χ0n) is 15.3. The van der Waals surface area contributed by atoms with Crippen LogP contribution in [0.25, 0.3) is 16.9 Å². The number of rotatable bonds is 4. The Labute approximate surface area is 170 Å². The summed E-state index contributed by atoms with van der Waals surface area (Å²) in [6.07, 6.45) is 6.61. The molecular formula is C19H16ClFN8+. The van der Waals surface area contributed by atoms with Crippen molar-refractivity contribution >= 4 is 40.3 Å². The summed E-state index contributed by atoms with van der Waals surface area (Å²) in [6, 6.07) is 6.21. The SMILES string of the molecule is CC(Nc1ncnc2[nH]cnc12)C1=C(c2cccc(F)c2)[N+]2CN(Cl)C=CC2=N1. The van der Waals surface area contributed by atoms with Gasteiger partial charge in [0.05, 0.1) is 12.4 Å². The molecule has 0 saturated heterocycles. The number of fused-ring (bicyclic) bond motifs is 2. The highest BCUT2D eigenvalue weighted by Crippen LogP contribution is 2.33. The molecule has 2 N–H and O–H groups in total. The first-order valence-corrected chi connectivity index (χ1v) is 9.31. The van der Waals surface area contributed by atoms with Crippen molar-refractivity contribution in [2.75, 3.05) is 12.0 Å². The van der Waals surface area contributed by atoms with Gasteiger partial charge in [-0.1, -0.05) is 11.0 Å². The van der Waals surface area contributed by atoms with E-state index in [0.717, 1.165) is 22.8 Å². The van der Waals surface area contributed by atoms with Gasteiger partial charge in [-0.25, -0.2) is 23.8 Å². The number of benzene rings is 1. The van der Waals surface area contributed by atoms with Gasteiger partial charge in [0.2, 0.25) is 12.4 Å². The van der Waals surface area contributed by atoms with Crippen LogP contribution in [-0.2, 0) is 0 Å². The summed E-state index contributed by atoms with van der Waals surface area (Å²) >= 11 is 6.19. The minimum atomic E-state index is -0.312. The molecule has 2 aromatic heterocycles. The number of halogens is 2. The van der Waals surface area contributed by atoms with Crippen LogP contribution >= 0.6 is 11.8 Å². The Kier molecular flexibility index (Phi) is 4.26. The molecule has 10 heteroatoms. The highest BCUT2D eigenvalue weighted by atomic mass is 35.5. The van der Waals surface area contributed by atoms with E-state index < -0.39 is 0 Å². The summed E-state index contributed by atoms with van der Waals surface area (Å²) < 4.78 is 15.5. The Morgan fingerprint density at radius 1 is 1.31 bits per heavy atom. The van der Waals surface area contributed by atoms with Crippen LogP contribution in [0.5, 0.6) is 0 Å². The third-order valence-electron chi connectivity index (χ3n) is 4.76. The molecule has 2 aliphatic rings. The molecule has 0 amide bonds. The third-order valence-corrected chi connectivity index (χ3v) is 4.98. The molecule has 0 bridgehead atoms. The summed E-state index contributed by atoms with van der Waals surface area (Å²) in [5.74, 6) is 1.03. The Hall–Kier alpha value is -3.30. The monoisotopic (exact) mass is 410 g/mol. The average molecular weight is 411 g/mol. The number of imidazole rings is 1. The summed E-state index contributed by atoms with van der Waals surface area (Å²) in [4.78, 5) is 22.5. The first-order valence-electron chi connectivity index (χ1n) is 8.98. The van der Waals surface area contributed by atoms with Crippen molar-refractivity contribution in [1.82, 2.24) is 29.3 Å². The molecule has 8 nitrogen and oxygen atoms in total. The second-order valence-corrected chi connectivity index (χ2v) is 7.12. The number of aromatic nitrogens is 4. The van der Waals surface area contributed by atoms with E-state index in [4.69, 9.17) is 16.8 Å². The first-order chi connectivity index (χ1) is 14.1. The van der Waals surface area contributed by atoms with Crippen LogP contribution < -0.4 is 10.2 Å². The van der Waals surface area contributed by atoms with Gasteiger partial charge in [-0.3, -0.25) is 0 Å². The van der Waals surface area contributed by atoms with Crippen LogP contribution in [-0.4, -0.2) is 42.9 Å². The minimum absolute atomic E-state index is 0.238. The fraction of sp³-hybridized carbons (Fsp3) is 0.158. The van der Waals surface area contributed by atoms with Crippen LogP contribution in [0.3, 0.4) is 0 Å². The predicted molar refractivity (Wildman–Crippen MR) is 109 cm³/mol. The number of H-pyrrole nitrogens is 1. The largest absolute Gasteiger partial charge is 0.360 e. The van der Waals surface area contributed by atoms with Crippen molar-refractivity contribution < 1.29 is 4.39 Å². The maximum Gasteiger partial charge on any atom is 0.285 e. The lowest BCUT2D eigenvalue weighted by atomic mass is 10.1. The summed E-state index contributed by atoms with van der Waals surface area (Å²) in [6.45, 7) is 2.37.